The van der Waals surface area contributed by atoms with Crippen LogP contribution in [0.3, 0.4) is 0 Å². The van der Waals surface area contributed by atoms with E-state index in [0.717, 1.165) is 33.4 Å². The number of aromatic carboxylic acids is 1. The Morgan fingerprint density at radius 3 is 2.28 bits per heavy atom. The van der Waals surface area contributed by atoms with E-state index < -0.39 is 18.2 Å². The number of aliphatic hydroxyl groups excluding tert-OH is 1. The molecule has 0 unspecified atom stereocenters. The van der Waals surface area contributed by atoms with Gasteiger partial charge in [-0.1, -0.05) is 72.8 Å². The third kappa shape index (κ3) is 9.52. The molecule has 0 aromatic heterocycles. The minimum Gasteiger partial charge on any atom is -0.481 e. The maximum absolute atomic E-state index is 12.2. The molecule has 0 bridgehead atoms. The van der Waals surface area contributed by atoms with E-state index in [9.17, 15) is 24.6 Å². The molecule has 4 aromatic carbocycles. The number of carbonyl (C=O) groups is 3. The van der Waals surface area contributed by atoms with Crippen LogP contribution >= 0.6 is 11.8 Å². The van der Waals surface area contributed by atoms with Crippen molar-refractivity contribution in [3.05, 3.63) is 125 Å². The van der Waals surface area contributed by atoms with Crippen LogP contribution in [-0.2, 0) is 32.2 Å². The number of rotatable bonds is 14. The minimum absolute atomic E-state index is 0.0390. The van der Waals surface area contributed by atoms with E-state index in [0.29, 0.717) is 30.0 Å². The van der Waals surface area contributed by atoms with E-state index in [1.165, 1.54) is 11.8 Å². The number of aliphatic carboxylic acids is 1. The highest BCUT2D eigenvalue weighted by Crippen LogP contribution is 2.40. The Balaban J connectivity index is 1.33. The first-order valence-electron chi connectivity index (χ1n) is 15.4. The summed E-state index contributed by atoms with van der Waals surface area (Å²) in [7, 11) is 0. The molecular formula is C37H37NO8S. The van der Waals surface area contributed by atoms with Crippen molar-refractivity contribution in [1.29, 1.82) is 0 Å². The largest absolute Gasteiger partial charge is 0.481 e. The van der Waals surface area contributed by atoms with E-state index >= 15 is 0 Å². The highest BCUT2D eigenvalue weighted by atomic mass is 32.2. The van der Waals surface area contributed by atoms with E-state index in [4.69, 9.17) is 14.6 Å². The van der Waals surface area contributed by atoms with Crippen LogP contribution in [0, 0.1) is 0 Å². The van der Waals surface area contributed by atoms with Gasteiger partial charge in [-0.25, -0.2) is 4.79 Å². The first-order chi connectivity index (χ1) is 22.8. The van der Waals surface area contributed by atoms with Crippen LogP contribution in [0.5, 0.6) is 0 Å². The van der Waals surface area contributed by atoms with Crippen LogP contribution in [0.1, 0.15) is 70.7 Å². The van der Waals surface area contributed by atoms with Gasteiger partial charge in [0.25, 0.3) is 0 Å². The number of carboxylic acid groups (broad SMARTS) is 2. The van der Waals surface area contributed by atoms with Gasteiger partial charge < -0.3 is 30.1 Å². The normalized spacial score (nSPS) is 17.6. The second-order valence-electron chi connectivity index (χ2n) is 11.3. The van der Waals surface area contributed by atoms with Crippen molar-refractivity contribution in [3.63, 3.8) is 0 Å². The summed E-state index contributed by atoms with van der Waals surface area (Å²) < 4.78 is 13.0. The van der Waals surface area contributed by atoms with Crippen molar-refractivity contribution in [3.8, 4) is 11.1 Å². The Kier molecular flexibility index (Phi) is 11.8. The zero-order valence-corrected chi connectivity index (χ0v) is 26.5. The first kappa shape index (κ1) is 33.9. The Hall–Kier alpha value is -4.48. The Morgan fingerprint density at radius 1 is 0.787 bits per heavy atom. The minimum atomic E-state index is -0.972. The van der Waals surface area contributed by atoms with Gasteiger partial charge in [0, 0.05) is 42.0 Å². The third-order valence-electron chi connectivity index (χ3n) is 7.86. The van der Waals surface area contributed by atoms with Crippen LogP contribution in [0.15, 0.2) is 102 Å². The molecule has 47 heavy (non-hydrogen) atoms. The highest BCUT2D eigenvalue weighted by Gasteiger charge is 2.32. The van der Waals surface area contributed by atoms with Crippen molar-refractivity contribution in [1.82, 2.24) is 5.32 Å². The summed E-state index contributed by atoms with van der Waals surface area (Å²) in [5, 5.41) is 30.8. The summed E-state index contributed by atoms with van der Waals surface area (Å²) in [6, 6.07) is 30.4. The Morgan fingerprint density at radius 2 is 1.53 bits per heavy atom. The molecule has 0 spiro atoms. The van der Waals surface area contributed by atoms with Gasteiger partial charge in [0.05, 0.1) is 24.4 Å². The monoisotopic (exact) mass is 655 g/mol. The number of hydrogen-bond donors (Lipinski definition) is 4. The van der Waals surface area contributed by atoms with Crippen molar-refractivity contribution in [2.45, 2.75) is 62.2 Å². The molecule has 1 amide bonds. The molecule has 0 aliphatic carbocycles. The molecule has 1 aliphatic rings. The van der Waals surface area contributed by atoms with E-state index in [1.54, 1.807) is 18.2 Å². The van der Waals surface area contributed by atoms with E-state index in [2.05, 4.69) is 5.32 Å². The maximum atomic E-state index is 12.2. The first-order valence-corrected chi connectivity index (χ1v) is 16.4. The zero-order chi connectivity index (χ0) is 33.2. The molecule has 9 nitrogen and oxygen atoms in total. The molecule has 244 valence electrons. The molecule has 5 rings (SSSR count). The number of ether oxygens (including phenoxy) is 2. The van der Waals surface area contributed by atoms with E-state index in [1.807, 2.05) is 78.9 Å². The molecule has 1 fully saturated rings. The third-order valence-corrected chi connectivity index (χ3v) is 9.07. The summed E-state index contributed by atoms with van der Waals surface area (Å²) in [6.07, 6.45) is -0.220. The number of thioether (sulfide) groups is 1. The summed E-state index contributed by atoms with van der Waals surface area (Å²) in [5.41, 5.74) is 5.67. The fourth-order valence-corrected chi connectivity index (χ4v) is 6.46. The molecule has 4 aromatic rings. The second-order valence-corrected chi connectivity index (χ2v) is 12.4. The number of nitrogens with one attached hydrogen (secondary N) is 1. The molecular weight excluding hydrogens is 618 g/mol. The number of hydrogen-bond acceptors (Lipinski definition) is 7. The van der Waals surface area contributed by atoms with Crippen molar-refractivity contribution in [2.75, 3.05) is 5.75 Å². The SMILES string of the molecule is O=C(O)CCCC(=O)NCc1cccc(-c2cccc([C@H]3O[C@@H](CSc4ccccc4C(=O)O)C[C@@H](c4ccc(CO)cc4)O3)c2)c1. The summed E-state index contributed by atoms with van der Waals surface area (Å²) in [4.78, 5) is 35.3. The molecule has 1 heterocycles. The average Bonchev–Trinajstić information content (AvgIpc) is 3.10. The second kappa shape index (κ2) is 16.4. The standard InChI is InChI=1S/C37H37NO8S/c39-22-24-14-16-26(17-15-24)32-20-30(23-47-33-11-2-1-10-31(33)36(43)44)45-37(46-32)29-9-4-8-28(19-29)27-7-3-6-25(18-27)21-38-34(40)12-5-13-35(41)42/h1-4,6-11,14-19,30,32,37,39H,5,12-13,20-23H2,(H,38,40)(H,41,42)(H,43,44)/t30-,32+,37+/m1/s1. The van der Waals surface area contributed by atoms with E-state index in [-0.39, 0.29) is 43.1 Å². The van der Waals surface area contributed by atoms with Crippen molar-refractivity contribution in [2.24, 2.45) is 0 Å². The lowest BCUT2D eigenvalue weighted by molar-refractivity contribution is -0.245. The molecule has 1 saturated heterocycles. The van der Waals surface area contributed by atoms with Gasteiger partial charge in [-0.3, -0.25) is 9.59 Å². The summed E-state index contributed by atoms with van der Waals surface area (Å²) in [5.74, 6) is -1.55. The van der Waals surface area contributed by atoms with Gasteiger partial charge in [-0.2, -0.15) is 0 Å². The van der Waals surface area contributed by atoms with Gasteiger partial charge in [0.2, 0.25) is 5.91 Å². The predicted molar refractivity (Wildman–Crippen MR) is 178 cm³/mol. The van der Waals surface area contributed by atoms with Crippen LogP contribution in [0.2, 0.25) is 0 Å². The average molecular weight is 656 g/mol. The molecule has 0 saturated carbocycles. The van der Waals surface area contributed by atoms with Crippen LogP contribution in [-0.4, -0.2) is 45.0 Å². The van der Waals surface area contributed by atoms with Crippen molar-refractivity contribution >= 4 is 29.6 Å². The number of carboxylic acids is 2. The zero-order valence-electron chi connectivity index (χ0n) is 25.7. The van der Waals surface area contributed by atoms with Crippen LogP contribution < -0.4 is 5.32 Å². The van der Waals surface area contributed by atoms with Gasteiger partial charge in [0.15, 0.2) is 6.29 Å². The lowest BCUT2D eigenvalue weighted by Crippen LogP contribution is -2.31. The highest BCUT2D eigenvalue weighted by molar-refractivity contribution is 7.99. The topological polar surface area (TPSA) is 142 Å². The number of carbonyl (C=O) groups excluding carboxylic acids is 1. The number of aliphatic hydroxyl groups is 1. The van der Waals surface area contributed by atoms with Gasteiger partial charge in [-0.15, -0.1) is 11.8 Å². The Labute approximate surface area is 277 Å². The fraction of sp³-hybridized carbons (Fsp3) is 0.270. The molecule has 0 radical (unpaired) electrons. The number of benzene rings is 4. The molecule has 3 atom stereocenters. The maximum Gasteiger partial charge on any atom is 0.336 e. The lowest BCUT2D eigenvalue weighted by Gasteiger charge is -2.36. The van der Waals surface area contributed by atoms with Crippen LogP contribution in [0.4, 0.5) is 0 Å². The summed E-state index contributed by atoms with van der Waals surface area (Å²) >= 11 is 1.45. The summed E-state index contributed by atoms with van der Waals surface area (Å²) in [6.45, 7) is 0.280. The van der Waals surface area contributed by atoms with Crippen molar-refractivity contribution < 1.29 is 39.2 Å². The molecule has 4 N–H and O–H groups in total. The van der Waals surface area contributed by atoms with Gasteiger partial charge in [0.1, 0.15) is 0 Å². The Bertz CT molecular complexity index is 1690. The quantitative estimate of drug-likeness (QED) is 0.109. The fourth-order valence-electron chi connectivity index (χ4n) is 5.39. The molecule has 1 aliphatic heterocycles. The lowest BCUT2D eigenvalue weighted by atomic mass is 9.99. The van der Waals surface area contributed by atoms with Gasteiger partial charge >= 0.3 is 11.9 Å². The smallest absolute Gasteiger partial charge is 0.336 e. The van der Waals surface area contributed by atoms with Crippen LogP contribution in [0.25, 0.3) is 11.1 Å². The van der Waals surface area contributed by atoms with Gasteiger partial charge in [-0.05, 0) is 58.5 Å². The molecule has 10 heteroatoms. The number of amides is 1. The predicted octanol–water partition coefficient (Wildman–Crippen LogP) is 6.75.